The van der Waals surface area contributed by atoms with Gasteiger partial charge in [0.1, 0.15) is 0 Å². The number of nitrogens with two attached hydrogens (primary N) is 1. The van der Waals surface area contributed by atoms with Crippen LogP contribution in [0.25, 0.3) is 0 Å². The molecular weight excluding hydrogens is 188 g/mol. The second-order valence-corrected chi connectivity index (χ2v) is 4.61. The first-order valence-corrected chi connectivity index (χ1v) is 6.17. The molecule has 1 saturated heterocycles. The lowest BCUT2D eigenvalue weighted by Gasteiger charge is -2.24. The highest BCUT2D eigenvalue weighted by Gasteiger charge is 2.22. The zero-order valence-electron chi connectivity index (χ0n) is 9.37. The van der Waals surface area contributed by atoms with Crippen molar-refractivity contribution in [3.8, 4) is 0 Å². The monoisotopic (exact) mass is 210 g/mol. The van der Waals surface area contributed by atoms with E-state index in [1.165, 1.54) is 44.1 Å². The molecule has 86 valence electrons. The SMILES string of the molecule is NNC(CC1CCCO1)C1=CCCCC1. The number of hydrazine groups is 1. The molecule has 0 aromatic rings. The number of rotatable bonds is 4. The van der Waals surface area contributed by atoms with Crippen LogP contribution in [0.4, 0.5) is 0 Å². The summed E-state index contributed by atoms with van der Waals surface area (Å²) in [5.74, 6) is 5.64. The second-order valence-electron chi connectivity index (χ2n) is 4.61. The minimum absolute atomic E-state index is 0.341. The van der Waals surface area contributed by atoms with E-state index in [0.717, 1.165) is 13.0 Å². The molecule has 2 unspecified atom stereocenters. The Labute approximate surface area is 92.0 Å². The first-order valence-electron chi connectivity index (χ1n) is 6.17. The molecule has 0 spiro atoms. The van der Waals surface area contributed by atoms with Gasteiger partial charge in [-0.15, -0.1) is 0 Å². The van der Waals surface area contributed by atoms with Crippen LogP contribution < -0.4 is 11.3 Å². The van der Waals surface area contributed by atoms with E-state index in [2.05, 4.69) is 11.5 Å². The molecule has 15 heavy (non-hydrogen) atoms. The van der Waals surface area contributed by atoms with Gasteiger partial charge in [0.25, 0.3) is 0 Å². The molecular formula is C12H22N2O. The molecule has 1 heterocycles. The van der Waals surface area contributed by atoms with Crippen molar-refractivity contribution in [2.75, 3.05) is 6.61 Å². The van der Waals surface area contributed by atoms with Crippen LogP contribution in [0.2, 0.25) is 0 Å². The third kappa shape index (κ3) is 3.03. The molecule has 1 fully saturated rings. The van der Waals surface area contributed by atoms with Crippen LogP contribution >= 0.6 is 0 Å². The summed E-state index contributed by atoms with van der Waals surface area (Å²) >= 11 is 0. The molecule has 3 N–H and O–H groups in total. The quantitative estimate of drug-likeness (QED) is 0.423. The first kappa shape index (κ1) is 11.1. The Kier molecular flexibility index (Phi) is 4.18. The van der Waals surface area contributed by atoms with Crippen LogP contribution in [0.3, 0.4) is 0 Å². The van der Waals surface area contributed by atoms with Crippen molar-refractivity contribution in [2.24, 2.45) is 5.84 Å². The van der Waals surface area contributed by atoms with E-state index in [1.807, 2.05) is 0 Å². The van der Waals surface area contributed by atoms with Gasteiger partial charge in [0.05, 0.1) is 6.10 Å². The Bertz CT molecular complexity index is 222. The van der Waals surface area contributed by atoms with Gasteiger partial charge in [-0.1, -0.05) is 11.6 Å². The molecule has 2 rings (SSSR count). The van der Waals surface area contributed by atoms with E-state index in [4.69, 9.17) is 10.6 Å². The Balaban J connectivity index is 1.87. The van der Waals surface area contributed by atoms with Crippen molar-refractivity contribution in [2.45, 2.75) is 57.1 Å². The molecule has 0 amide bonds. The Morgan fingerprint density at radius 2 is 2.40 bits per heavy atom. The average molecular weight is 210 g/mol. The maximum Gasteiger partial charge on any atom is 0.0594 e. The predicted molar refractivity (Wildman–Crippen MR) is 61.3 cm³/mol. The summed E-state index contributed by atoms with van der Waals surface area (Å²) in [5.41, 5.74) is 4.45. The molecule has 0 aromatic heterocycles. The largest absolute Gasteiger partial charge is 0.378 e. The van der Waals surface area contributed by atoms with E-state index in [0.29, 0.717) is 12.1 Å². The molecule has 0 bridgehead atoms. The fraction of sp³-hybridized carbons (Fsp3) is 0.833. The lowest BCUT2D eigenvalue weighted by atomic mass is 9.91. The van der Waals surface area contributed by atoms with Gasteiger partial charge >= 0.3 is 0 Å². The van der Waals surface area contributed by atoms with Gasteiger partial charge in [-0.05, 0) is 44.9 Å². The van der Waals surface area contributed by atoms with E-state index in [9.17, 15) is 0 Å². The molecule has 2 atom stereocenters. The van der Waals surface area contributed by atoms with Crippen molar-refractivity contribution in [3.63, 3.8) is 0 Å². The minimum atomic E-state index is 0.341. The second kappa shape index (κ2) is 5.64. The predicted octanol–water partition coefficient (Wildman–Crippen LogP) is 1.89. The lowest BCUT2D eigenvalue weighted by molar-refractivity contribution is 0.0973. The third-order valence-corrected chi connectivity index (χ3v) is 3.50. The van der Waals surface area contributed by atoms with Crippen molar-refractivity contribution in [3.05, 3.63) is 11.6 Å². The fourth-order valence-electron chi connectivity index (χ4n) is 2.60. The summed E-state index contributed by atoms with van der Waals surface area (Å²) in [7, 11) is 0. The summed E-state index contributed by atoms with van der Waals surface area (Å²) in [6.07, 6.45) is 11.3. The number of hydrogen-bond acceptors (Lipinski definition) is 3. The minimum Gasteiger partial charge on any atom is -0.378 e. The Morgan fingerprint density at radius 1 is 1.47 bits per heavy atom. The lowest BCUT2D eigenvalue weighted by Crippen LogP contribution is -2.39. The van der Waals surface area contributed by atoms with Gasteiger partial charge in [-0.3, -0.25) is 11.3 Å². The van der Waals surface area contributed by atoms with Crippen LogP contribution in [0.1, 0.15) is 44.9 Å². The van der Waals surface area contributed by atoms with Gasteiger partial charge in [-0.25, -0.2) is 0 Å². The molecule has 3 nitrogen and oxygen atoms in total. The highest BCUT2D eigenvalue weighted by molar-refractivity contribution is 5.13. The van der Waals surface area contributed by atoms with Crippen LogP contribution in [-0.2, 0) is 4.74 Å². The third-order valence-electron chi connectivity index (χ3n) is 3.50. The van der Waals surface area contributed by atoms with Crippen LogP contribution in [0, 0.1) is 0 Å². The maximum absolute atomic E-state index is 5.65. The maximum atomic E-state index is 5.65. The average Bonchev–Trinajstić information content (AvgIpc) is 2.80. The summed E-state index contributed by atoms with van der Waals surface area (Å²) < 4.78 is 5.65. The highest BCUT2D eigenvalue weighted by Crippen LogP contribution is 2.25. The van der Waals surface area contributed by atoms with Gasteiger partial charge in [0.15, 0.2) is 0 Å². The Hall–Kier alpha value is -0.380. The smallest absolute Gasteiger partial charge is 0.0594 e. The van der Waals surface area contributed by atoms with E-state index in [-0.39, 0.29) is 0 Å². The van der Waals surface area contributed by atoms with E-state index < -0.39 is 0 Å². The summed E-state index contributed by atoms with van der Waals surface area (Å²) in [5, 5.41) is 0. The molecule has 0 radical (unpaired) electrons. The van der Waals surface area contributed by atoms with Crippen molar-refractivity contribution in [1.29, 1.82) is 0 Å². The molecule has 1 aliphatic heterocycles. The molecule has 1 aliphatic carbocycles. The molecule has 0 saturated carbocycles. The van der Waals surface area contributed by atoms with Crippen LogP contribution in [-0.4, -0.2) is 18.8 Å². The summed E-state index contributed by atoms with van der Waals surface area (Å²) in [4.78, 5) is 0. The number of allylic oxidation sites excluding steroid dienone is 1. The summed E-state index contributed by atoms with van der Waals surface area (Å²) in [6, 6.07) is 0.341. The standard InChI is InChI=1S/C12H22N2O/c13-14-12(9-11-7-4-8-15-11)10-5-2-1-3-6-10/h5,11-12,14H,1-4,6-9,13H2. The van der Waals surface area contributed by atoms with Gasteiger partial charge < -0.3 is 4.74 Å². The molecule has 2 aliphatic rings. The molecule has 3 heteroatoms. The number of ether oxygens (including phenoxy) is 1. The zero-order valence-corrected chi connectivity index (χ0v) is 9.37. The van der Waals surface area contributed by atoms with E-state index in [1.54, 1.807) is 0 Å². The fourth-order valence-corrected chi connectivity index (χ4v) is 2.60. The van der Waals surface area contributed by atoms with Crippen LogP contribution in [0.5, 0.6) is 0 Å². The van der Waals surface area contributed by atoms with Crippen molar-refractivity contribution >= 4 is 0 Å². The highest BCUT2D eigenvalue weighted by atomic mass is 16.5. The van der Waals surface area contributed by atoms with Crippen LogP contribution in [0.15, 0.2) is 11.6 Å². The van der Waals surface area contributed by atoms with Gasteiger partial charge in [-0.2, -0.15) is 0 Å². The number of hydrogen-bond donors (Lipinski definition) is 2. The van der Waals surface area contributed by atoms with E-state index >= 15 is 0 Å². The van der Waals surface area contributed by atoms with Crippen molar-refractivity contribution in [1.82, 2.24) is 5.43 Å². The van der Waals surface area contributed by atoms with Crippen molar-refractivity contribution < 1.29 is 4.74 Å². The zero-order chi connectivity index (χ0) is 10.5. The topological polar surface area (TPSA) is 47.3 Å². The normalized spacial score (nSPS) is 28.9. The number of nitrogens with one attached hydrogen (secondary N) is 1. The first-order chi connectivity index (χ1) is 7.40. The van der Waals surface area contributed by atoms with Gasteiger partial charge in [0.2, 0.25) is 0 Å². The summed E-state index contributed by atoms with van der Waals surface area (Å²) in [6.45, 7) is 0.932. The molecule has 0 aromatic carbocycles. The van der Waals surface area contributed by atoms with Gasteiger partial charge in [0, 0.05) is 12.6 Å². The Morgan fingerprint density at radius 3 is 3.00 bits per heavy atom.